The molecule has 1 aromatic rings. The molecule has 0 heterocycles. The van der Waals surface area contributed by atoms with Gasteiger partial charge in [-0.3, -0.25) is 0 Å². The van der Waals surface area contributed by atoms with Crippen LogP contribution in [0.15, 0.2) is 18.2 Å². The molecule has 0 saturated carbocycles. The second kappa shape index (κ2) is 6.38. The molecule has 0 aliphatic carbocycles. The normalized spacial score (nSPS) is 12.2. The van der Waals surface area contributed by atoms with Crippen LogP contribution in [0.5, 0.6) is 5.75 Å². The Kier molecular flexibility index (Phi) is 5.12. The zero-order valence-electron chi connectivity index (χ0n) is 10.5. The largest absolute Gasteiger partial charge is 0.495 e. The SMILES string of the molecule is CCC(COC)Nc1cc(C)ccc1OC. The number of aryl methyl sites for hydroxylation is 1. The van der Waals surface area contributed by atoms with Gasteiger partial charge in [-0.15, -0.1) is 0 Å². The smallest absolute Gasteiger partial charge is 0.141 e. The van der Waals surface area contributed by atoms with Gasteiger partial charge in [-0.05, 0) is 31.0 Å². The maximum absolute atomic E-state index is 5.32. The van der Waals surface area contributed by atoms with Gasteiger partial charge in [-0.1, -0.05) is 13.0 Å². The van der Waals surface area contributed by atoms with Gasteiger partial charge in [-0.25, -0.2) is 0 Å². The van der Waals surface area contributed by atoms with Crippen molar-refractivity contribution in [1.29, 1.82) is 0 Å². The van der Waals surface area contributed by atoms with Gasteiger partial charge in [0.05, 0.1) is 19.4 Å². The highest BCUT2D eigenvalue weighted by Crippen LogP contribution is 2.26. The summed E-state index contributed by atoms with van der Waals surface area (Å²) in [5, 5.41) is 3.44. The maximum atomic E-state index is 5.32. The molecular weight excluding hydrogens is 202 g/mol. The Morgan fingerprint density at radius 3 is 2.62 bits per heavy atom. The molecule has 0 spiro atoms. The second-order valence-electron chi connectivity index (χ2n) is 3.91. The Hall–Kier alpha value is -1.22. The van der Waals surface area contributed by atoms with E-state index in [0.29, 0.717) is 12.6 Å². The summed E-state index contributed by atoms with van der Waals surface area (Å²) in [4.78, 5) is 0. The minimum absolute atomic E-state index is 0.320. The van der Waals surface area contributed by atoms with Crippen molar-refractivity contribution in [3.8, 4) is 5.75 Å². The van der Waals surface area contributed by atoms with Crippen molar-refractivity contribution in [3.05, 3.63) is 23.8 Å². The van der Waals surface area contributed by atoms with Crippen LogP contribution in [0.4, 0.5) is 5.69 Å². The summed E-state index contributed by atoms with van der Waals surface area (Å²) in [7, 11) is 3.41. The molecule has 16 heavy (non-hydrogen) atoms. The molecule has 0 radical (unpaired) electrons. The summed E-state index contributed by atoms with van der Waals surface area (Å²) in [6.07, 6.45) is 1.02. The van der Waals surface area contributed by atoms with Gasteiger partial charge in [0.15, 0.2) is 0 Å². The Balaban J connectivity index is 2.80. The first-order valence-corrected chi connectivity index (χ1v) is 5.61. The molecule has 90 valence electrons. The quantitative estimate of drug-likeness (QED) is 0.804. The number of methoxy groups -OCH3 is 2. The minimum atomic E-state index is 0.320. The van der Waals surface area contributed by atoms with Crippen LogP contribution in [-0.2, 0) is 4.74 Å². The first-order valence-electron chi connectivity index (χ1n) is 5.61. The molecule has 0 aromatic heterocycles. The van der Waals surface area contributed by atoms with Crippen LogP contribution < -0.4 is 10.1 Å². The molecule has 1 aromatic carbocycles. The lowest BCUT2D eigenvalue weighted by Gasteiger charge is -2.19. The van der Waals surface area contributed by atoms with E-state index in [1.54, 1.807) is 14.2 Å². The van der Waals surface area contributed by atoms with Crippen molar-refractivity contribution in [2.45, 2.75) is 26.3 Å². The summed E-state index contributed by atoms with van der Waals surface area (Å²) < 4.78 is 10.5. The highest BCUT2D eigenvalue weighted by atomic mass is 16.5. The molecular formula is C13H21NO2. The fourth-order valence-electron chi connectivity index (χ4n) is 1.62. The Morgan fingerprint density at radius 1 is 1.31 bits per heavy atom. The van der Waals surface area contributed by atoms with Crippen LogP contribution in [0, 0.1) is 6.92 Å². The summed E-state index contributed by atoms with van der Waals surface area (Å²) in [5.74, 6) is 0.875. The van der Waals surface area contributed by atoms with E-state index >= 15 is 0 Å². The highest BCUT2D eigenvalue weighted by Gasteiger charge is 2.09. The average molecular weight is 223 g/mol. The number of benzene rings is 1. The van der Waals surface area contributed by atoms with E-state index in [-0.39, 0.29) is 0 Å². The van der Waals surface area contributed by atoms with Gasteiger partial charge in [-0.2, -0.15) is 0 Å². The van der Waals surface area contributed by atoms with E-state index in [9.17, 15) is 0 Å². The van der Waals surface area contributed by atoms with E-state index in [2.05, 4.69) is 25.2 Å². The van der Waals surface area contributed by atoms with E-state index in [1.807, 2.05) is 12.1 Å². The zero-order valence-corrected chi connectivity index (χ0v) is 10.5. The van der Waals surface area contributed by atoms with Gasteiger partial charge in [0, 0.05) is 13.2 Å². The third kappa shape index (κ3) is 3.42. The molecule has 3 nitrogen and oxygen atoms in total. The predicted octanol–water partition coefficient (Wildman–Crippen LogP) is 2.84. The van der Waals surface area contributed by atoms with Crippen LogP contribution in [0.2, 0.25) is 0 Å². The first kappa shape index (κ1) is 12.8. The fraction of sp³-hybridized carbons (Fsp3) is 0.538. The monoisotopic (exact) mass is 223 g/mol. The van der Waals surface area contributed by atoms with Gasteiger partial charge in [0.25, 0.3) is 0 Å². The molecule has 0 aliphatic heterocycles. The summed E-state index contributed by atoms with van der Waals surface area (Å²) >= 11 is 0. The molecule has 1 N–H and O–H groups in total. The van der Waals surface area contributed by atoms with Crippen molar-refractivity contribution in [1.82, 2.24) is 0 Å². The van der Waals surface area contributed by atoms with E-state index in [4.69, 9.17) is 9.47 Å². The lowest BCUT2D eigenvalue weighted by Crippen LogP contribution is -2.24. The zero-order chi connectivity index (χ0) is 12.0. The Morgan fingerprint density at radius 2 is 2.06 bits per heavy atom. The van der Waals surface area contributed by atoms with Crippen LogP contribution >= 0.6 is 0 Å². The lowest BCUT2D eigenvalue weighted by atomic mass is 10.1. The number of anilines is 1. The molecule has 1 unspecified atom stereocenters. The molecule has 0 aliphatic rings. The van der Waals surface area contributed by atoms with Crippen LogP contribution in [0.3, 0.4) is 0 Å². The van der Waals surface area contributed by atoms with Gasteiger partial charge >= 0.3 is 0 Å². The second-order valence-corrected chi connectivity index (χ2v) is 3.91. The van der Waals surface area contributed by atoms with Gasteiger partial charge in [0.1, 0.15) is 5.75 Å². The molecule has 0 bridgehead atoms. The number of hydrogen-bond acceptors (Lipinski definition) is 3. The molecule has 1 atom stereocenters. The average Bonchev–Trinajstić information content (AvgIpc) is 2.29. The van der Waals surface area contributed by atoms with Gasteiger partial charge in [0.2, 0.25) is 0 Å². The molecule has 0 fully saturated rings. The van der Waals surface area contributed by atoms with E-state index in [0.717, 1.165) is 17.9 Å². The van der Waals surface area contributed by atoms with E-state index < -0.39 is 0 Å². The van der Waals surface area contributed by atoms with Crippen molar-refractivity contribution in [2.75, 3.05) is 26.1 Å². The van der Waals surface area contributed by atoms with Crippen molar-refractivity contribution in [2.24, 2.45) is 0 Å². The Labute approximate surface area is 97.8 Å². The van der Waals surface area contributed by atoms with Gasteiger partial charge < -0.3 is 14.8 Å². The molecule has 1 rings (SSSR count). The van der Waals surface area contributed by atoms with Crippen LogP contribution in [0.25, 0.3) is 0 Å². The number of nitrogens with one attached hydrogen (secondary N) is 1. The number of ether oxygens (including phenoxy) is 2. The first-order chi connectivity index (χ1) is 7.71. The third-order valence-corrected chi connectivity index (χ3v) is 2.58. The van der Waals surface area contributed by atoms with Crippen molar-refractivity contribution < 1.29 is 9.47 Å². The number of hydrogen-bond donors (Lipinski definition) is 1. The lowest BCUT2D eigenvalue weighted by molar-refractivity contribution is 0.184. The Bertz CT molecular complexity index is 326. The number of rotatable bonds is 6. The highest BCUT2D eigenvalue weighted by molar-refractivity contribution is 5.58. The van der Waals surface area contributed by atoms with Crippen molar-refractivity contribution in [3.63, 3.8) is 0 Å². The van der Waals surface area contributed by atoms with Crippen molar-refractivity contribution >= 4 is 5.69 Å². The minimum Gasteiger partial charge on any atom is -0.495 e. The maximum Gasteiger partial charge on any atom is 0.141 e. The molecule has 0 amide bonds. The topological polar surface area (TPSA) is 30.5 Å². The summed E-state index contributed by atoms with van der Waals surface area (Å²) in [6, 6.07) is 6.44. The third-order valence-electron chi connectivity index (χ3n) is 2.58. The summed E-state index contributed by atoms with van der Waals surface area (Å²) in [5.41, 5.74) is 2.25. The standard InChI is InChI=1S/C13H21NO2/c1-5-11(9-15-3)14-12-8-10(2)6-7-13(12)16-4/h6-8,11,14H,5,9H2,1-4H3. The molecule has 0 saturated heterocycles. The van der Waals surface area contributed by atoms with E-state index in [1.165, 1.54) is 5.56 Å². The predicted molar refractivity (Wildman–Crippen MR) is 67.3 cm³/mol. The molecule has 3 heteroatoms. The van der Waals surface area contributed by atoms with Crippen LogP contribution in [0.1, 0.15) is 18.9 Å². The fourth-order valence-corrected chi connectivity index (χ4v) is 1.62. The summed E-state index contributed by atoms with van der Waals surface area (Å²) in [6.45, 7) is 4.91. The van der Waals surface area contributed by atoms with Crippen LogP contribution in [-0.4, -0.2) is 26.9 Å².